The maximum Gasteiger partial charge on any atom is 0.434 e. The number of hydrogen-bond acceptors (Lipinski definition) is 5. The Morgan fingerprint density at radius 1 is 1.03 bits per heavy atom. The minimum atomic E-state index is -5.72. The molecule has 1 N–H and O–H groups in total. The molecule has 34 heavy (non-hydrogen) atoms. The number of carbonyl (C=O) groups excluding carboxylic acids is 1. The molecule has 2 unspecified atom stereocenters. The highest BCUT2D eigenvalue weighted by Gasteiger charge is 2.60. The van der Waals surface area contributed by atoms with Gasteiger partial charge in [-0.2, -0.15) is 26.3 Å². The molecule has 12 heteroatoms. The van der Waals surface area contributed by atoms with Crippen molar-refractivity contribution in [2.45, 2.75) is 31.9 Å². The third-order valence-corrected chi connectivity index (χ3v) is 6.81. The van der Waals surface area contributed by atoms with Crippen molar-refractivity contribution in [1.82, 2.24) is 15.1 Å². The van der Waals surface area contributed by atoms with Crippen LogP contribution in [-0.4, -0.2) is 86.7 Å². The number of amides is 1. The van der Waals surface area contributed by atoms with Gasteiger partial charge in [0.2, 0.25) is 0 Å². The highest BCUT2D eigenvalue weighted by atomic mass is 19.4. The van der Waals surface area contributed by atoms with E-state index in [1.54, 1.807) is 0 Å². The van der Waals surface area contributed by atoms with Gasteiger partial charge in [0.15, 0.2) is 0 Å². The van der Waals surface area contributed by atoms with E-state index < -0.39 is 24.5 Å². The molecule has 6 nitrogen and oxygen atoms in total. The Bertz CT molecular complexity index is 859. The highest BCUT2D eigenvalue weighted by molar-refractivity contribution is 5.68. The van der Waals surface area contributed by atoms with Crippen LogP contribution in [0.5, 0.6) is 0 Å². The fourth-order valence-electron chi connectivity index (χ4n) is 4.98. The zero-order chi connectivity index (χ0) is 24.7. The van der Waals surface area contributed by atoms with E-state index in [-0.39, 0.29) is 13.1 Å². The molecule has 0 aliphatic carbocycles. The average Bonchev–Trinajstić information content (AvgIpc) is 3.34. The first-order valence-electron chi connectivity index (χ1n) is 11.3. The van der Waals surface area contributed by atoms with Gasteiger partial charge >= 0.3 is 18.4 Å². The first kappa shape index (κ1) is 24.9. The lowest BCUT2D eigenvalue weighted by Gasteiger charge is -2.36. The number of fused-ring (bicyclic) bond motifs is 1. The fourth-order valence-corrected chi connectivity index (χ4v) is 4.98. The summed E-state index contributed by atoms with van der Waals surface area (Å²) in [6.45, 7) is 7.22. The van der Waals surface area contributed by atoms with Crippen LogP contribution >= 0.6 is 0 Å². The van der Waals surface area contributed by atoms with Gasteiger partial charge in [-0.25, -0.2) is 4.79 Å². The van der Waals surface area contributed by atoms with Crippen LogP contribution in [0.15, 0.2) is 18.2 Å². The van der Waals surface area contributed by atoms with Crippen LogP contribution < -0.4 is 10.2 Å². The van der Waals surface area contributed by atoms with E-state index in [0.29, 0.717) is 31.5 Å². The smallest absolute Gasteiger partial charge is 0.426 e. The maximum atomic E-state index is 12.7. The molecule has 2 atom stereocenters. The number of ether oxygens (including phenoxy) is 1. The van der Waals surface area contributed by atoms with Crippen molar-refractivity contribution in [1.29, 1.82) is 0 Å². The van der Waals surface area contributed by atoms with Gasteiger partial charge in [0.05, 0.1) is 0 Å². The van der Waals surface area contributed by atoms with Crippen molar-refractivity contribution < 1.29 is 35.9 Å². The molecule has 4 rings (SSSR count). The summed E-state index contributed by atoms with van der Waals surface area (Å²) in [5, 5.41) is 3.43. The number of alkyl halides is 6. The predicted molar refractivity (Wildman–Crippen MR) is 112 cm³/mol. The lowest BCUT2D eigenvalue weighted by molar-refractivity contribution is -0.308. The molecular weight excluding hydrogens is 466 g/mol. The number of halogens is 6. The minimum absolute atomic E-state index is 0.0119. The molecule has 190 valence electrons. The first-order chi connectivity index (χ1) is 15.9. The second kappa shape index (κ2) is 9.44. The van der Waals surface area contributed by atoms with Gasteiger partial charge in [0.1, 0.15) is 0 Å². The third kappa shape index (κ3) is 5.54. The molecule has 0 bridgehead atoms. The van der Waals surface area contributed by atoms with Gasteiger partial charge < -0.3 is 19.9 Å². The van der Waals surface area contributed by atoms with E-state index >= 15 is 0 Å². The molecule has 1 aromatic carbocycles. The van der Waals surface area contributed by atoms with Crippen LogP contribution in [0.2, 0.25) is 0 Å². The molecular formula is C22H28F6N4O2. The number of aryl methyl sites for hydroxylation is 1. The summed E-state index contributed by atoms with van der Waals surface area (Å²) in [5.41, 5.74) is 3.42. The van der Waals surface area contributed by atoms with Crippen LogP contribution in [0.4, 0.5) is 36.8 Å². The molecule has 3 saturated heterocycles. The topological polar surface area (TPSA) is 48.1 Å². The van der Waals surface area contributed by atoms with Gasteiger partial charge in [-0.15, -0.1) is 0 Å². The van der Waals surface area contributed by atoms with Crippen molar-refractivity contribution in [2.75, 3.05) is 57.3 Å². The zero-order valence-electron chi connectivity index (χ0n) is 18.8. The van der Waals surface area contributed by atoms with Crippen LogP contribution in [0.3, 0.4) is 0 Å². The molecule has 0 saturated carbocycles. The van der Waals surface area contributed by atoms with E-state index in [0.717, 1.165) is 47.9 Å². The summed E-state index contributed by atoms with van der Waals surface area (Å²) < 4.78 is 79.9. The summed E-state index contributed by atoms with van der Waals surface area (Å²) in [5.74, 6) is 1.25. The molecule has 0 radical (unpaired) electrons. The van der Waals surface area contributed by atoms with Gasteiger partial charge in [0, 0.05) is 64.6 Å². The minimum Gasteiger partial charge on any atom is -0.426 e. The number of carbonyl (C=O) groups is 1. The molecule has 3 heterocycles. The molecule has 0 aromatic heterocycles. The van der Waals surface area contributed by atoms with Crippen LogP contribution in [-0.2, 0) is 11.3 Å². The first-order valence-corrected chi connectivity index (χ1v) is 11.3. The lowest BCUT2D eigenvalue weighted by atomic mass is 10.0. The van der Waals surface area contributed by atoms with E-state index in [4.69, 9.17) is 0 Å². The third-order valence-electron chi connectivity index (χ3n) is 6.81. The second-order valence-corrected chi connectivity index (χ2v) is 9.33. The van der Waals surface area contributed by atoms with E-state index in [2.05, 4.69) is 27.1 Å². The van der Waals surface area contributed by atoms with Crippen molar-refractivity contribution in [2.24, 2.45) is 11.8 Å². The molecule has 3 aliphatic heterocycles. The summed E-state index contributed by atoms with van der Waals surface area (Å²) in [6.07, 6.45) is -17.2. The lowest BCUT2D eigenvalue weighted by Crippen LogP contribution is -2.52. The van der Waals surface area contributed by atoms with Gasteiger partial charge in [-0.3, -0.25) is 4.90 Å². The molecule has 1 aromatic rings. The van der Waals surface area contributed by atoms with E-state index in [1.807, 2.05) is 17.9 Å². The zero-order valence-corrected chi connectivity index (χ0v) is 18.8. The average molecular weight is 494 g/mol. The Morgan fingerprint density at radius 2 is 1.62 bits per heavy atom. The summed E-state index contributed by atoms with van der Waals surface area (Å²) in [6, 6.07) is 6.25. The van der Waals surface area contributed by atoms with Gasteiger partial charge in [0.25, 0.3) is 6.10 Å². The number of hydrogen-bond donors (Lipinski definition) is 1. The second-order valence-electron chi connectivity index (χ2n) is 9.33. The Balaban J connectivity index is 1.35. The molecule has 3 fully saturated rings. The Labute approximate surface area is 193 Å². The van der Waals surface area contributed by atoms with Crippen LogP contribution in [0, 0.1) is 18.8 Å². The number of rotatable bonds is 4. The molecule has 0 spiro atoms. The number of nitrogens with one attached hydrogen (secondary N) is 1. The van der Waals surface area contributed by atoms with Gasteiger partial charge in [-0.05, 0) is 36.0 Å². The predicted octanol–water partition coefficient (Wildman–Crippen LogP) is 3.40. The fraction of sp³-hybridized carbons (Fsp3) is 0.682. The number of piperazine rings is 1. The standard InChI is InChI=1S/C22H28F6N4O2/c1-14-2-3-15(18(8-14)32-12-16-9-29-10-17(16)13-32)11-30-4-6-31(7-5-30)20(33)34-19(21(23,24)25)22(26,27)28/h2-3,8,16-17,19,29H,4-7,9-13H2,1H3. The van der Waals surface area contributed by atoms with Crippen molar-refractivity contribution in [3.63, 3.8) is 0 Å². The quantitative estimate of drug-likeness (QED) is 0.651. The summed E-state index contributed by atoms with van der Waals surface area (Å²) in [4.78, 5) is 17.3. The molecule has 3 aliphatic rings. The normalized spacial score (nSPS) is 24.1. The Kier molecular flexibility index (Phi) is 6.92. The summed E-state index contributed by atoms with van der Waals surface area (Å²) in [7, 11) is 0. The maximum absolute atomic E-state index is 12.7. The molecule has 1 amide bonds. The largest absolute Gasteiger partial charge is 0.434 e. The Hall–Kier alpha value is -2.21. The SMILES string of the molecule is Cc1ccc(CN2CCN(C(=O)OC(C(F)(F)F)C(F)(F)F)CC2)c(N2CC3CNCC3C2)c1. The van der Waals surface area contributed by atoms with Gasteiger partial charge in [-0.1, -0.05) is 12.1 Å². The van der Waals surface area contributed by atoms with E-state index in [9.17, 15) is 31.1 Å². The van der Waals surface area contributed by atoms with Crippen LogP contribution in [0.25, 0.3) is 0 Å². The van der Waals surface area contributed by atoms with E-state index in [1.165, 1.54) is 0 Å². The van der Waals surface area contributed by atoms with Crippen molar-refractivity contribution >= 4 is 11.8 Å². The number of benzene rings is 1. The van der Waals surface area contributed by atoms with Crippen molar-refractivity contribution in [3.05, 3.63) is 29.3 Å². The monoisotopic (exact) mass is 494 g/mol. The highest BCUT2D eigenvalue weighted by Crippen LogP contribution is 2.36. The van der Waals surface area contributed by atoms with Crippen molar-refractivity contribution in [3.8, 4) is 0 Å². The summed E-state index contributed by atoms with van der Waals surface area (Å²) >= 11 is 0. The Morgan fingerprint density at radius 3 is 2.18 bits per heavy atom. The van der Waals surface area contributed by atoms with Crippen LogP contribution in [0.1, 0.15) is 11.1 Å². The number of anilines is 1. The number of nitrogens with zero attached hydrogens (tertiary/aromatic N) is 3.